The number of aliphatic hydroxyl groups is 1. The third kappa shape index (κ3) is 4.28. The summed E-state index contributed by atoms with van der Waals surface area (Å²) in [7, 11) is 0. The Bertz CT molecular complexity index is 387. The molecule has 0 spiro atoms. The maximum Gasteiger partial charge on any atom is 0.274 e. The number of carbonyl (C=O) groups excluding carboxylic acids is 1. The van der Waals surface area contributed by atoms with Crippen LogP contribution in [0.3, 0.4) is 0 Å². The van der Waals surface area contributed by atoms with Gasteiger partial charge in [-0.3, -0.25) is 4.79 Å². The van der Waals surface area contributed by atoms with Crippen LogP contribution < -0.4 is 0 Å². The summed E-state index contributed by atoms with van der Waals surface area (Å²) in [6, 6.07) is 3.03. The summed E-state index contributed by atoms with van der Waals surface area (Å²) >= 11 is 5.60. The van der Waals surface area contributed by atoms with Crippen LogP contribution in [0.1, 0.15) is 31.3 Å². The number of carbonyl (C=O) groups is 1. The highest BCUT2D eigenvalue weighted by Crippen LogP contribution is 2.09. The molecule has 1 aromatic rings. The van der Waals surface area contributed by atoms with Gasteiger partial charge >= 0.3 is 0 Å². The molecule has 0 aliphatic heterocycles. The molecular formula is C11H16ClN3O2. The highest BCUT2D eigenvalue weighted by Gasteiger charge is 2.23. The summed E-state index contributed by atoms with van der Waals surface area (Å²) in [5, 5.41) is 17.3. The van der Waals surface area contributed by atoms with Crippen molar-refractivity contribution in [2.75, 3.05) is 13.1 Å². The molecule has 17 heavy (non-hydrogen) atoms. The van der Waals surface area contributed by atoms with Gasteiger partial charge in [-0.25, -0.2) is 0 Å². The molecule has 0 aliphatic rings. The van der Waals surface area contributed by atoms with E-state index in [0.717, 1.165) is 0 Å². The van der Waals surface area contributed by atoms with Gasteiger partial charge in [-0.1, -0.05) is 11.6 Å². The predicted octanol–water partition coefficient (Wildman–Crippen LogP) is 1.36. The Morgan fingerprint density at radius 2 is 2.12 bits per heavy atom. The third-order valence-electron chi connectivity index (χ3n) is 2.10. The van der Waals surface area contributed by atoms with Crippen LogP contribution in [-0.4, -0.2) is 44.8 Å². The van der Waals surface area contributed by atoms with Crippen LogP contribution >= 0.6 is 11.6 Å². The Morgan fingerprint density at radius 1 is 1.47 bits per heavy atom. The van der Waals surface area contributed by atoms with Crippen LogP contribution in [0.2, 0.25) is 5.15 Å². The highest BCUT2D eigenvalue weighted by molar-refractivity contribution is 6.29. The monoisotopic (exact) mass is 257 g/mol. The first kappa shape index (κ1) is 13.9. The SMILES string of the molecule is CCN(CC(C)(C)O)C(=O)c1ccc(Cl)nn1. The number of nitrogens with zero attached hydrogens (tertiary/aromatic N) is 3. The van der Waals surface area contributed by atoms with Gasteiger partial charge in [0.2, 0.25) is 0 Å². The average molecular weight is 258 g/mol. The molecule has 0 saturated carbocycles. The molecule has 0 radical (unpaired) electrons. The molecule has 1 amide bonds. The maximum absolute atomic E-state index is 12.0. The van der Waals surface area contributed by atoms with E-state index in [1.54, 1.807) is 13.8 Å². The normalized spacial score (nSPS) is 11.4. The largest absolute Gasteiger partial charge is 0.389 e. The lowest BCUT2D eigenvalue weighted by atomic mass is 10.1. The van der Waals surface area contributed by atoms with E-state index < -0.39 is 5.60 Å². The second-order valence-corrected chi connectivity index (χ2v) is 4.76. The van der Waals surface area contributed by atoms with Crippen LogP contribution in [0, 0.1) is 0 Å². The van der Waals surface area contributed by atoms with Gasteiger partial charge in [0.15, 0.2) is 10.8 Å². The van der Waals surface area contributed by atoms with E-state index in [0.29, 0.717) is 6.54 Å². The highest BCUT2D eigenvalue weighted by atomic mass is 35.5. The minimum absolute atomic E-state index is 0.223. The summed E-state index contributed by atoms with van der Waals surface area (Å²) in [5.74, 6) is -0.265. The van der Waals surface area contributed by atoms with E-state index in [2.05, 4.69) is 10.2 Å². The van der Waals surface area contributed by atoms with Crippen molar-refractivity contribution in [1.29, 1.82) is 0 Å². The van der Waals surface area contributed by atoms with Crippen LogP contribution in [0.4, 0.5) is 0 Å². The molecule has 0 bridgehead atoms. The Balaban J connectivity index is 2.83. The molecule has 0 atom stereocenters. The number of hydrogen-bond donors (Lipinski definition) is 1. The van der Waals surface area contributed by atoms with Crippen molar-refractivity contribution in [2.45, 2.75) is 26.4 Å². The van der Waals surface area contributed by atoms with Gasteiger partial charge < -0.3 is 10.0 Å². The van der Waals surface area contributed by atoms with Crippen LogP contribution in [0.15, 0.2) is 12.1 Å². The minimum Gasteiger partial charge on any atom is -0.389 e. The fraction of sp³-hybridized carbons (Fsp3) is 0.545. The molecule has 94 valence electrons. The van der Waals surface area contributed by atoms with Crippen molar-refractivity contribution in [1.82, 2.24) is 15.1 Å². The van der Waals surface area contributed by atoms with Crippen LogP contribution in [0.25, 0.3) is 0 Å². The van der Waals surface area contributed by atoms with E-state index >= 15 is 0 Å². The smallest absolute Gasteiger partial charge is 0.274 e. The lowest BCUT2D eigenvalue weighted by Gasteiger charge is -2.27. The quantitative estimate of drug-likeness (QED) is 0.885. The zero-order chi connectivity index (χ0) is 13.1. The van der Waals surface area contributed by atoms with Gasteiger partial charge in [-0.05, 0) is 32.9 Å². The number of amides is 1. The molecule has 0 unspecified atom stereocenters. The second-order valence-electron chi connectivity index (χ2n) is 4.37. The Labute approximate surface area is 105 Å². The standard InChI is InChI=1S/C11H16ClN3O2/c1-4-15(7-11(2,3)17)10(16)8-5-6-9(12)14-13-8/h5-6,17H,4,7H2,1-3H3. The average Bonchev–Trinajstić information content (AvgIpc) is 2.25. The number of likely N-dealkylation sites (N-methyl/N-ethyl adjacent to an activating group) is 1. The molecule has 0 saturated heterocycles. The lowest BCUT2D eigenvalue weighted by molar-refractivity contribution is 0.0311. The molecule has 1 aromatic heterocycles. The van der Waals surface area contributed by atoms with Crippen LogP contribution in [-0.2, 0) is 0 Å². The minimum atomic E-state index is -0.939. The van der Waals surface area contributed by atoms with Crippen molar-refractivity contribution >= 4 is 17.5 Å². The van der Waals surface area contributed by atoms with Crippen molar-refractivity contribution in [3.8, 4) is 0 Å². The Morgan fingerprint density at radius 3 is 2.53 bits per heavy atom. The summed E-state index contributed by atoms with van der Waals surface area (Å²) < 4.78 is 0. The molecule has 6 heteroatoms. The number of hydrogen-bond acceptors (Lipinski definition) is 4. The fourth-order valence-electron chi connectivity index (χ4n) is 1.39. The third-order valence-corrected chi connectivity index (χ3v) is 2.30. The van der Waals surface area contributed by atoms with Gasteiger partial charge in [-0.2, -0.15) is 0 Å². The Hall–Kier alpha value is -1.20. The van der Waals surface area contributed by atoms with Gasteiger partial charge in [0, 0.05) is 13.1 Å². The topological polar surface area (TPSA) is 66.3 Å². The van der Waals surface area contributed by atoms with E-state index in [1.807, 2.05) is 6.92 Å². The van der Waals surface area contributed by atoms with Crippen molar-refractivity contribution in [3.05, 3.63) is 23.0 Å². The molecule has 0 aliphatic carbocycles. The molecule has 1 rings (SSSR count). The van der Waals surface area contributed by atoms with Gasteiger partial charge in [-0.15, -0.1) is 10.2 Å². The van der Waals surface area contributed by atoms with Gasteiger partial charge in [0.05, 0.1) is 5.60 Å². The van der Waals surface area contributed by atoms with Crippen molar-refractivity contribution in [3.63, 3.8) is 0 Å². The molecular weight excluding hydrogens is 242 g/mol. The number of rotatable bonds is 4. The molecule has 0 fully saturated rings. The van der Waals surface area contributed by atoms with Crippen molar-refractivity contribution < 1.29 is 9.90 Å². The van der Waals surface area contributed by atoms with Gasteiger partial charge in [0.1, 0.15) is 0 Å². The zero-order valence-corrected chi connectivity index (χ0v) is 10.9. The lowest BCUT2D eigenvalue weighted by Crippen LogP contribution is -2.42. The predicted molar refractivity (Wildman–Crippen MR) is 64.9 cm³/mol. The van der Waals surface area contributed by atoms with E-state index in [-0.39, 0.29) is 23.3 Å². The molecule has 0 aromatic carbocycles. The molecule has 1 heterocycles. The first-order valence-electron chi connectivity index (χ1n) is 5.34. The van der Waals surface area contributed by atoms with E-state index in [1.165, 1.54) is 17.0 Å². The first-order valence-corrected chi connectivity index (χ1v) is 5.72. The summed E-state index contributed by atoms with van der Waals surface area (Å²) in [6.45, 7) is 5.87. The van der Waals surface area contributed by atoms with E-state index in [9.17, 15) is 9.90 Å². The second kappa shape index (κ2) is 5.42. The zero-order valence-electron chi connectivity index (χ0n) is 10.1. The van der Waals surface area contributed by atoms with E-state index in [4.69, 9.17) is 11.6 Å². The fourth-order valence-corrected chi connectivity index (χ4v) is 1.49. The van der Waals surface area contributed by atoms with Gasteiger partial charge in [0.25, 0.3) is 5.91 Å². The molecule has 5 nitrogen and oxygen atoms in total. The maximum atomic E-state index is 12.0. The number of halogens is 1. The number of aromatic nitrogens is 2. The summed E-state index contributed by atoms with van der Waals surface area (Å²) in [6.07, 6.45) is 0. The molecule has 1 N–H and O–H groups in total. The first-order chi connectivity index (χ1) is 7.83. The Kier molecular flexibility index (Phi) is 4.42. The van der Waals surface area contributed by atoms with Crippen LogP contribution in [0.5, 0.6) is 0 Å². The summed E-state index contributed by atoms with van der Waals surface area (Å²) in [4.78, 5) is 13.5. The summed E-state index contributed by atoms with van der Waals surface area (Å²) in [5.41, 5.74) is -0.716. The van der Waals surface area contributed by atoms with Crippen molar-refractivity contribution in [2.24, 2.45) is 0 Å².